The van der Waals surface area contributed by atoms with Gasteiger partial charge in [-0.25, -0.2) is 8.42 Å². The Kier molecular flexibility index (Phi) is 6.80. The molecule has 0 radical (unpaired) electrons. The summed E-state index contributed by atoms with van der Waals surface area (Å²) < 4.78 is 26.9. The molecule has 8 heteroatoms. The average molecular weight is 421 g/mol. The monoisotopic (exact) mass is 420 g/mol. The third kappa shape index (κ3) is 5.17. The summed E-state index contributed by atoms with van der Waals surface area (Å²) in [6.07, 6.45) is 1.58. The Morgan fingerprint density at radius 2 is 1.82 bits per heavy atom. The van der Waals surface area contributed by atoms with Crippen LogP contribution in [0.15, 0.2) is 53.5 Å². The van der Waals surface area contributed by atoms with E-state index in [0.29, 0.717) is 25.6 Å². The number of guanidine groups is 1. The maximum Gasteiger partial charge on any atom is 0.236 e. The Bertz CT molecular complexity index is 929. The molecule has 0 amide bonds. The van der Waals surface area contributed by atoms with Crippen molar-refractivity contribution in [1.82, 2.24) is 10.6 Å². The molecule has 0 saturated carbocycles. The van der Waals surface area contributed by atoms with Crippen molar-refractivity contribution >= 4 is 33.3 Å². The topological polar surface area (TPSA) is 73.8 Å². The van der Waals surface area contributed by atoms with Gasteiger partial charge in [-0.2, -0.15) is 0 Å². The predicted molar refractivity (Wildman–Crippen MR) is 116 cm³/mol. The van der Waals surface area contributed by atoms with Crippen LogP contribution in [0.2, 0.25) is 5.02 Å². The molecule has 0 aliphatic carbocycles. The Hall–Kier alpha value is -2.25. The van der Waals surface area contributed by atoms with Crippen molar-refractivity contribution in [3.8, 4) is 0 Å². The lowest BCUT2D eigenvalue weighted by Gasteiger charge is -2.20. The summed E-state index contributed by atoms with van der Waals surface area (Å²) in [4.78, 5) is 4.15. The fourth-order valence-corrected chi connectivity index (χ4v) is 4.76. The predicted octanol–water partition coefficient (Wildman–Crippen LogP) is 2.44. The van der Waals surface area contributed by atoms with E-state index in [1.807, 2.05) is 48.5 Å². The van der Waals surface area contributed by atoms with Crippen molar-refractivity contribution in [3.63, 3.8) is 0 Å². The minimum Gasteiger partial charge on any atom is -0.356 e. The molecule has 6 nitrogen and oxygen atoms in total. The van der Waals surface area contributed by atoms with Crippen LogP contribution in [0, 0.1) is 0 Å². The molecule has 28 heavy (non-hydrogen) atoms. The summed E-state index contributed by atoms with van der Waals surface area (Å²) in [7, 11) is -1.70. The molecule has 2 aromatic rings. The number of nitrogens with zero attached hydrogens (tertiary/aromatic N) is 2. The number of hydrogen-bond acceptors (Lipinski definition) is 3. The van der Waals surface area contributed by atoms with Gasteiger partial charge in [0.05, 0.1) is 11.4 Å². The van der Waals surface area contributed by atoms with Crippen LogP contribution in [0.1, 0.15) is 11.1 Å². The largest absolute Gasteiger partial charge is 0.356 e. The highest BCUT2D eigenvalue weighted by Crippen LogP contribution is 2.29. The zero-order valence-electron chi connectivity index (χ0n) is 15.9. The van der Waals surface area contributed by atoms with Crippen LogP contribution in [0.25, 0.3) is 0 Å². The zero-order valence-corrected chi connectivity index (χ0v) is 17.4. The van der Waals surface area contributed by atoms with E-state index < -0.39 is 10.0 Å². The summed E-state index contributed by atoms with van der Waals surface area (Å²) in [6.45, 7) is 1.49. The Labute approximate surface area is 171 Å². The average Bonchev–Trinajstić information content (AvgIpc) is 3.13. The van der Waals surface area contributed by atoms with E-state index in [4.69, 9.17) is 11.6 Å². The smallest absolute Gasteiger partial charge is 0.236 e. The molecule has 0 unspecified atom stereocenters. The third-order valence-electron chi connectivity index (χ3n) is 4.68. The fraction of sp³-hybridized carbons (Fsp3) is 0.350. The minimum atomic E-state index is -3.37. The van der Waals surface area contributed by atoms with E-state index >= 15 is 0 Å². The quantitative estimate of drug-likeness (QED) is 0.533. The number of hydrogen-bond donors (Lipinski definition) is 2. The summed E-state index contributed by atoms with van der Waals surface area (Å²) >= 11 is 5.89. The molecule has 0 aromatic heterocycles. The number of aliphatic imine (C=N–C) groups is 1. The third-order valence-corrected chi connectivity index (χ3v) is 6.70. The highest BCUT2D eigenvalue weighted by molar-refractivity contribution is 7.92. The van der Waals surface area contributed by atoms with Gasteiger partial charge in [0.15, 0.2) is 5.96 Å². The van der Waals surface area contributed by atoms with Gasteiger partial charge in [0, 0.05) is 31.7 Å². The molecule has 0 atom stereocenters. The van der Waals surface area contributed by atoms with Gasteiger partial charge in [-0.1, -0.05) is 41.9 Å². The van der Waals surface area contributed by atoms with Gasteiger partial charge in [0.1, 0.15) is 0 Å². The molecule has 1 aliphatic heterocycles. The van der Waals surface area contributed by atoms with E-state index in [9.17, 15) is 8.42 Å². The van der Waals surface area contributed by atoms with E-state index in [1.54, 1.807) is 7.05 Å². The Balaban J connectivity index is 1.46. The van der Waals surface area contributed by atoms with Gasteiger partial charge in [-0.3, -0.25) is 9.30 Å². The van der Waals surface area contributed by atoms with Crippen molar-refractivity contribution < 1.29 is 8.42 Å². The standard InChI is InChI=1S/C20H25ClN4O2S/c1-22-20(23-12-10-16-6-8-18(21)9-7-16)24-13-15-28(26,27)25-14-11-17-4-2-3-5-19(17)25/h2-9H,10-15H2,1H3,(H2,22,23,24). The van der Waals surface area contributed by atoms with Gasteiger partial charge in [0.25, 0.3) is 0 Å². The lowest BCUT2D eigenvalue weighted by Crippen LogP contribution is -2.42. The molecule has 1 heterocycles. The summed E-state index contributed by atoms with van der Waals surface area (Å²) in [5, 5.41) is 7.00. The van der Waals surface area contributed by atoms with Crippen LogP contribution in [0.3, 0.4) is 0 Å². The Morgan fingerprint density at radius 3 is 2.57 bits per heavy atom. The van der Waals surface area contributed by atoms with Gasteiger partial charge < -0.3 is 10.6 Å². The first-order chi connectivity index (χ1) is 13.5. The van der Waals surface area contributed by atoms with Crippen LogP contribution in [0.5, 0.6) is 0 Å². The number of sulfonamides is 1. The van der Waals surface area contributed by atoms with Crippen molar-refractivity contribution in [1.29, 1.82) is 0 Å². The first-order valence-electron chi connectivity index (χ1n) is 9.27. The highest BCUT2D eigenvalue weighted by atomic mass is 35.5. The second-order valence-corrected chi connectivity index (χ2v) is 9.02. The number of anilines is 1. The summed E-state index contributed by atoms with van der Waals surface area (Å²) in [5.74, 6) is 0.602. The van der Waals surface area contributed by atoms with Crippen LogP contribution >= 0.6 is 11.6 Å². The zero-order chi connectivity index (χ0) is 20.0. The molecule has 2 N–H and O–H groups in total. The first-order valence-corrected chi connectivity index (χ1v) is 11.3. The van der Waals surface area contributed by atoms with Gasteiger partial charge >= 0.3 is 0 Å². The summed E-state index contributed by atoms with van der Waals surface area (Å²) in [5.41, 5.74) is 3.05. The van der Waals surface area contributed by atoms with Crippen molar-refractivity contribution in [2.24, 2.45) is 4.99 Å². The molecule has 0 saturated heterocycles. The molecule has 3 rings (SSSR count). The van der Waals surface area contributed by atoms with Gasteiger partial charge in [-0.05, 0) is 42.2 Å². The molecule has 2 aromatic carbocycles. The van der Waals surface area contributed by atoms with Gasteiger partial charge in [-0.15, -0.1) is 0 Å². The van der Waals surface area contributed by atoms with E-state index in [2.05, 4.69) is 15.6 Å². The van der Waals surface area contributed by atoms with Crippen LogP contribution in [-0.2, 0) is 22.9 Å². The molecule has 1 aliphatic rings. The second-order valence-electron chi connectivity index (χ2n) is 6.57. The maximum absolute atomic E-state index is 12.7. The summed E-state index contributed by atoms with van der Waals surface area (Å²) in [6, 6.07) is 15.4. The SMILES string of the molecule is CN=C(NCCc1ccc(Cl)cc1)NCCS(=O)(=O)N1CCc2ccccc21. The minimum absolute atomic E-state index is 0.0131. The molecular weight excluding hydrogens is 396 g/mol. The van der Waals surface area contributed by atoms with E-state index in [1.165, 1.54) is 9.87 Å². The Morgan fingerprint density at radius 1 is 1.11 bits per heavy atom. The van der Waals surface area contributed by atoms with Crippen LogP contribution in [-0.4, -0.2) is 46.8 Å². The van der Waals surface area contributed by atoms with Crippen LogP contribution in [0.4, 0.5) is 5.69 Å². The normalized spacial score (nSPS) is 14.1. The lowest BCUT2D eigenvalue weighted by atomic mass is 10.1. The van der Waals surface area contributed by atoms with E-state index in [0.717, 1.165) is 29.1 Å². The number of benzene rings is 2. The molecular formula is C20H25ClN4O2S. The number of rotatable bonds is 7. The fourth-order valence-electron chi connectivity index (χ4n) is 3.20. The highest BCUT2D eigenvalue weighted by Gasteiger charge is 2.28. The van der Waals surface area contributed by atoms with Crippen molar-refractivity contribution in [2.45, 2.75) is 12.8 Å². The van der Waals surface area contributed by atoms with Crippen LogP contribution < -0.4 is 14.9 Å². The number of para-hydroxylation sites is 1. The number of nitrogens with one attached hydrogen (secondary N) is 2. The molecule has 0 bridgehead atoms. The molecule has 150 valence electrons. The van der Waals surface area contributed by atoms with Gasteiger partial charge in [0.2, 0.25) is 10.0 Å². The van der Waals surface area contributed by atoms with E-state index in [-0.39, 0.29) is 5.75 Å². The number of fused-ring (bicyclic) bond motifs is 1. The first kappa shape index (κ1) is 20.5. The van der Waals surface area contributed by atoms with Crippen molar-refractivity contribution in [3.05, 3.63) is 64.7 Å². The van der Waals surface area contributed by atoms with Crippen molar-refractivity contribution in [2.75, 3.05) is 36.7 Å². The molecule has 0 fully saturated rings. The maximum atomic E-state index is 12.7. The lowest BCUT2D eigenvalue weighted by molar-refractivity contribution is 0.591. The molecule has 0 spiro atoms. The number of halogens is 1. The second kappa shape index (κ2) is 9.30.